The van der Waals surface area contributed by atoms with E-state index in [2.05, 4.69) is 15.2 Å². The molecule has 0 aliphatic rings. The smallest absolute Gasteiger partial charge is 0.344 e. The van der Waals surface area contributed by atoms with Crippen LogP contribution in [0.5, 0.6) is 0 Å². The van der Waals surface area contributed by atoms with Crippen LogP contribution in [0.25, 0.3) is 0 Å². The lowest BCUT2D eigenvalue weighted by molar-refractivity contribution is 0.534. The van der Waals surface area contributed by atoms with E-state index in [9.17, 15) is 4.79 Å². The quantitative estimate of drug-likeness (QED) is 0.570. The van der Waals surface area contributed by atoms with Gasteiger partial charge in [-0.15, -0.1) is 5.10 Å². The summed E-state index contributed by atoms with van der Waals surface area (Å²) in [7, 11) is 0. The summed E-state index contributed by atoms with van der Waals surface area (Å²) in [4.78, 5) is 16.5. The van der Waals surface area contributed by atoms with Gasteiger partial charge in [0.2, 0.25) is 0 Å². The highest BCUT2D eigenvalue weighted by atomic mass is 32.2. The number of rotatable bonds is 4. The lowest BCUT2D eigenvalue weighted by atomic mass is 10.3. The molecule has 2 rings (SSSR count). The molecule has 4 N–H and O–H groups in total. The zero-order chi connectivity index (χ0) is 14.0. The van der Waals surface area contributed by atoms with Crippen molar-refractivity contribution in [3.63, 3.8) is 0 Å². The molecule has 8 heteroatoms. The molecule has 0 amide bonds. The summed E-state index contributed by atoms with van der Waals surface area (Å²) >= 11 is 1.33. The maximum Gasteiger partial charge on any atom is 0.344 e. The molecular weight excluding hydrogens is 264 g/mol. The van der Waals surface area contributed by atoms with E-state index in [1.54, 1.807) is 22.9 Å². The Morgan fingerprint density at radius 2 is 2.26 bits per heavy atom. The third-order valence-corrected chi connectivity index (χ3v) is 3.36. The van der Waals surface area contributed by atoms with E-state index >= 15 is 0 Å². The number of aromatic nitrogens is 4. The van der Waals surface area contributed by atoms with Crippen molar-refractivity contribution in [3.8, 4) is 0 Å². The van der Waals surface area contributed by atoms with Gasteiger partial charge in [-0.1, -0.05) is 0 Å². The molecule has 0 unspecified atom stereocenters. The number of nitrogens with two attached hydrogens (primary N) is 1. The van der Waals surface area contributed by atoms with Crippen LogP contribution in [0.3, 0.4) is 0 Å². The minimum Gasteiger partial charge on any atom is -0.382 e. The van der Waals surface area contributed by atoms with Crippen molar-refractivity contribution in [3.05, 3.63) is 34.5 Å². The molecule has 0 fully saturated rings. The van der Waals surface area contributed by atoms with E-state index in [4.69, 9.17) is 11.1 Å². The maximum absolute atomic E-state index is 11.6. The maximum atomic E-state index is 11.6. The molecule has 0 aromatic carbocycles. The second-order valence-electron chi connectivity index (χ2n) is 4.17. The highest BCUT2D eigenvalue weighted by Crippen LogP contribution is 2.25. The summed E-state index contributed by atoms with van der Waals surface area (Å²) in [6.07, 6.45) is 1.60. The topological polar surface area (TPSA) is 113 Å². The van der Waals surface area contributed by atoms with Crippen molar-refractivity contribution in [2.75, 3.05) is 0 Å². The molecule has 19 heavy (non-hydrogen) atoms. The number of nitrogens with zero attached hydrogens (tertiary/aromatic N) is 3. The number of aromatic amines is 1. The third kappa shape index (κ3) is 2.84. The molecule has 0 saturated heterocycles. The first-order chi connectivity index (χ1) is 8.99. The Bertz CT molecular complexity index is 642. The van der Waals surface area contributed by atoms with Crippen LogP contribution in [-0.2, 0) is 0 Å². The van der Waals surface area contributed by atoms with Gasteiger partial charge in [0.05, 0.1) is 0 Å². The monoisotopic (exact) mass is 278 g/mol. The van der Waals surface area contributed by atoms with Crippen LogP contribution in [0.1, 0.15) is 25.6 Å². The Labute approximate surface area is 113 Å². The van der Waals surface area contributed by atoms with E-state index in [1.807, 2.05) is 13.8 Å². The van der Waals surface area contributed by atoms with Gasteiger partial charge in [0.1, 0.15) is 11.5 Å². The SMILES string of the molecule is CC(C)n1c(Sc2ccc(C(=N)N)nc2)n[nH]c1=O. The molecule has 0 spiro atoms. The van der Waals surface area contributed by atoms with Gasteiger partial charge in [0.25, 0.3) is 0 Å². The van der Waals surface area contributed by atoms with Crippen LogP contribution in [-0.4, -0.2) is 25.6 Å². The van der Waals surface area contributed by atoms with Gasteiger partial charge in [0, 0.05) is 17.1 Å². The minimum atomic E-state index is -0.231. The van der Waals surface area contributed by atoms with Gasteiger partial charge in [-0.05, 0) is 37.7 Å². The lowest BCUT2D eigenvalue weighted by Crippen LogP contribution is -2.19. The molecule has 2 heterocycles. The van der Waals surface area contributed by atoms with Crippen LogP contribution in [0.15, 0.2) is 33.2 Å². The van der Waals surface area contributed by atoms with Gasteiger partial charge in [-0.3, -0.25) is 15.0 Å². The van der Waals surface area contributed by atoms with Crippen LogP contribution < -0.4 is 11.4 Å². The van der Waals surface area contributed by atoms with Gasteiger partial charge in [-0.2, -0.15) is 0 Å². The molecule has 100 valence electrons. The van der Waals surface area contributed by atoms with Crippen LogP contribution in [0, 0.1) is 5.41 Å². The van der Waals surface area contributed by atoms with E-state index < -0.39 is 0 Å². The first kappa shape index (κ1) is 13.3. The molecule has 7 nitrogen and oxygen atoms in total. The molecule has 0 saturated carbocycles. The second-order valence-corrected chi connectivity index (χ2v) is 5.21. The van der Waals surface area contributed by atoms with E-state index in [-0.39, 0.29) is 17.6 Å². The fourth-order valence-electron chi connectivity index (χ4n) is 1.52. The summed E-state index contributed by atoms with van der Waals surface area (Å²) in [5.74, 6) is -0.0737. The summed E-state index contributed by atoms with van der Waals surface area (Å²) in [6.45, 7) is 3.83. The largest absolute Gasteiger partial charge is 0.382 e. The number of hydrogen-bond donors (Lipinski definition) is 3. The highest BCUT2D eigenvalue weighted by molar-refractivity contribution is 7.99. The number of H-pyrrole nitrogens is 1. The third-order valence-electron chi connectivity index (χ3n) is 2.41. The Morgan fingerprint density at radius 1 is 1.53 bits per heavy atom. The van der Waals surface area contributed by atoms with Crippen molar-refractivity contribution >= 4 is 17.6 Å². The van der Waals surface area contributed by atoms with Gasteiger partial charge in [0.15, 0.2) is 5.16 Å². The zero-order valence-corrected chi connectivity index (χ0v) is 11.4. The number of hydrogen-bond acceptors (Lipinski definition) is 5. The normalized spacial score (nSPS) is 10.9. The minimum absolute atomic E-state index is 0.0261. The number of pyridine rings is 1. The molecule has 2 aromatic heterocycles. The lowest BCUT2D eigenvalue weighted by Gasteiger charge is -2.08. The molecule has 0 bridgehead atoms. The van der Waals surface area contributed by atoms with Crippen molar-refractivity contribution in [2.45, 2.75) is 29.9 Å². The Balaban J connectivity index is 2.26. The number of amidine groups is 1. The highest BCUT2D eigenvalue weighted by Gasteiger charge is 2.12. The molecule has 0 radical (unpaired) electrons. The molecule has 0 atom stereocenters. The number of nitrogen functional groups attached to an aromatic ring is 1. The van der Waals surface area contributed by atoms with Gasteiger partial charge < -0.3 is 5.73 Å². The predicted molar refractivity (Wildman–Crippen MR) is 72.6 cm³/mol. The van der Waals surface area contributed by atoms with Crippen molar-refractivity contribution in [1.82, 2.24) is 19.7 Å². The Kier molecular flexibility index (Phi) is 3.70. The first-order valence-electron chi connectivity index (χ1n) is 5.64. The van der Waals surface area contributed by atoms with Crippen molar-refractivity contribution < 1.29 is 0 Å². The van der Waals surface area contributed by atoms with Gasteiger partial charge >= 0.3 is 5.69 Å². The molecule has 0 aliphatic heterocycles. The predicted octanol–water partition coefficient (Wildman–Crippen LogP) is 0.983. The van der Waals surface area contributed by atoms with Crippen molar-refractivity contribution in [2.24, 2.45) is 5.73 Å². The summed E-state index contributed by atoms with van der Waals surface area (Å²) in [5.41, 5.74) is 5.53. The fourth-order valence-corrected chi connectivity index (χ4v) is 2.46. The summed E-state index contributed by atoms with van der Waals surface area (Å²) in [6, 6.07) is 3.48. The molecule has 2 aromatic rings. The van der Waals surface area contributed by atoms with E-state index in [1.165, 1.54) is 11.8 Å². The fraction of sp³-hybridized carbons (Fsp3) is 0.273. The average molecular weight is 278 g/mol. The number of nitrogens with one attached hydrogen (secondary N) is 2. The van der Waals surface area contributed by atoms with Crippen LogP contribution in [0.2, 0.25) is 0 Å². The molecule has 0 aliphatic carbocycles. The van der Waals surface area contributed by atoms with E-state index in [0.717, 1.165) is 4.90 Å². The summed E-state index contributed by atoms with van der Waals surface area (Å²) in [5, 5.41) is 14.3. The average Bonchev–Trinajstić information content (AvgIpc) is 2.71. The Hall–Kier alpha value is -2.09. The first-order valence-corrected chi connectivity index (χ1v) is 6.46. The van der Waals surface area contributed by atoms with Crippen molar-refractivity contribution in [1.29, 1.82) is 5.41 Å². The van der Waals surface area contributed by atoms with Crippen LogP contribution in [0.4, 0.5) is 0 Å². The Morgan fingerprint density at radius 3 is 2.79 bits per heavy atom. The second kappa shape index (κ2) is 5.27. The van der Waals surface area contributed by atoms with E-state index in [0.29, 0.717) is 10.9 Å². The van der Waals surface area contributed by atoms with Gasteiger partial charge in [-0.25, -0.2) is 9.89 Å². The standard InChI is InChI=1S/C11H14N6OS/c1-6(2)17-10(18)15-16-11(17)19-7-3-4-8(9(12)13)14-5-7/h3-6H,1-2H3,(H3,12,13)(H,15,18). The molecular formula is C11H14N6OS. The van der Waals surface area contributed by atoms with Crippen LogP contribution >= 0.6 is 11.8 Å². The summed E-state index contributed by atoms with van der Waals surface area (Å²) < 4.78 is 1.57. The zero-order valence-electron chi connectivity index (χ0n) is 10.5.